The summed E-state index contributed by atoms with van der Waals surface area (Å²) in [7, 11) is 2.21. The van der Waals surface area contributed by atoms with Crippen LogP contribution in [-0.4, -0.2) is 47.2 Å². The quantitative estimate of drug-likeness (QED) is 0.835. The molecule has 2 N–H and O–H groups in total. The Morgan fingerprint density at radius 2 is 1.95 bits per heavy atom. The molecule has 1 aliphatic heterocycles. The zero-order valence-electron chi connectivity index (χ0n) is 11.6. The second-order valence-corrected chi connectivity index (χ2v) is 5.85. The molecule has 0 radical (unpaired) electrons. The monoisotopic (exact) mass is 297 g/mol. The van der Waals surface area contributed by atoms with Crippen molar-refractivity contribution >= 4 is 23.3 Å². The van der Waals surface area contributed by atoms with Crippen LogP contribution in [0.15, 0.2) is 29.0 Å². The minimum absolute atomic E-state index is 0.425. The normalized spacial score (nSPS) is 22.5. The third-order valence-electron chi connectivity index (χ3n) is 3.25. The van der Waals surface area contributed by atoms with Gasteiger partial charge in [0, 0.05) is 24.1 Å². The number of likely N-dealkylation sites (tertiary alicyclic amines) is 1. The van der Waals surface area contributed by atoms with Gasteiger partial charge in [0.05, 0.1) is 0 Å². The van der Waals surface area contributed by atoms with Crippen LogP contribution in [-0.2, 0) is 15.0 Å². The van der Waals surface area contributed by atoms with Gasteiger partial charge in [-0.3, -0.25) is 0 Å². The van der Waals surface area contributed by atoms with Gasteiger partial charge in [-0.25, -0.2) is 9.59 Å². The van der Waals surface area contributed by atoms with Gasteiger partial charge in [0.25, 0.3) is 0 Å². The van der Waals surface area contributed by atoms with E-state index in [0.29, 0.717) is 17.6 Å². The molecule has 2 heterocycles. The average Bonchev–Trinajstić information content (AvgIpc) is 2.98. The summed E-state index contributed by atoms with van der Waals surface area (Å²) >= 11 is 1.81. The lowest BCUT2D eigenvalue weighted by Crippen LogP contribution is -2.25. The van der Waals surface area contributed by atoms with Gasteiger partial charge in [0.2, 0.25) is 0 Å². The number of hydrogen-bond acceptors (Lipinski definition) is 4. The van der Waals surface area contributed by atoms with Crippen LogP contribution in [0.25, 0.3) is 0 Å². The lowest BCUT2D eigenvalue weighted by atomic mass is 9.84. The van der Waals surface area contributed by atoms with Crippen molar-refractivity contribution in [3.8, 4) is 0 Å². The van der Waals surface area contributed by atoms with Gasteiger partial charge in [0.15, 0.2) is 0 Å². The minimum atomic E-state index is -1.26. The molecule has 110 valence electrons. The van der Waals surface area contributed by atoms with Crippen LogP contribution < -0.4 is 0 Å². The molecule has 1 aliphatic rings. The number of carbonyl (C=O) groups is 2. The van der Waals surface area contributed by atoms with Crippen LogP contribution in [0, 0.1) is 0 Å². The minimum Gasteiger partial charge on any atom is -0.478 e. The van der Waals surface area contributed by atoms with Gasteiger partial charge in [-0.05, 0) is 42.4 Å². The van der Waals surface area contributed by atoms with E-state index in [2.05, 4.69) is 35.7 Å². The van der Waals surface area contributed by atoms with Gasteiger partial charge < -0.3 is 15.1 Å². The number of likely N-dealkylation sites (N-methyl/N-ethyl adjacent to an activating group) is 1. The van der Waals surface area contributed by atoms with Crippen LogP contribution in [0.4, 0.5) is 0 Å². The molecule has 6 heteroatoms. The van der Waals surface area contributed by atoms with Crippen molar-refractivity contribution in [2.24, 2.45) is 0 Å². The van der Waals surface area contributed by atoms with E-state index in [1.165, 1.54) is 25.1 Å². The smallest absolute Gasteiger partial charge is 0.328 e. The molecule has 1 fully saturated rings. The van der Waals surface area contributed by atoms with E-state index >= 15 is 0 Å². The number of nitrogens with zero attached hydrogens (tertiary/aromatic N) is 1. The van der Waals surface area contributed by atoms with Crippen LogP contribution in [0.5, 0.6) is 0 Å². The molecular formula is C14H19NO4S. The van der Waals surface area contributed by atoms with E-state index < -0.39 is 11.9 Å². The highest BCUT2D eigenvalue weighted by Crippen LogP contribution is 2.34. The second-order valence-electron chi connectivity index (χ2n) is 5.07. The third-order valence-corrected chi connectivity index (χ3v) is 3.93. The number of aliphatic carboxylic acids is 2. The van der Waals surface area contributed by atoms with Gasteiger partial charge >= 0.3 is 11.9 Å². The molecule has 0 bridgehead atoms. The van der Waals surface area contributed by atoms with E-state index in [1.54, 1.807) is 0 Å². The molecule has 1 atom stereocenters. The molecule has 0 aromatic carbocycles. The molecule has 1 aromatic heterocycles. The van der Waals surface area contributed by atoms with Gasteiger partial charge in [-0.1, -0.05) is 6.92 Å². The Morgan fingerprint density at radius 1 is 1.35 bits per heavy atom. The first kappa shape index (κ1) is 16.4. The Labute approximate surface area is 122 Å². The van der Waals surface area contributed by atoms with E-state index in [-0.39, 0.29) is 0 Å². The standard InChI is InChI=1S/C10H15NS.C4H4O4/c1-10(4-5-11(2)8-10)9-3-6-12-7-9;5-3(6)1-2-4(7)8/h3,6-7H,4-5,8H2,1-2H3;1-2H,(H,5,6)(H,7,8)/b;2-1+. The van der Waals surface area contributed by atoms with Gasteiger partial charge in [0.1, 0.15) is 0 Å². The molecule has 2 rings (SSSR count). The van der Waals surface area contributed by atoms with Crippen molar-refractivity contribution in [3.05, 3.63) is 34.5 Å². The number of carboxylic acid groups (broad SMARTS) is 2. The summed E-state index contributed by atoms with van der Waals surface area (Å²) in [5, 5.41) is 20.1. The predicted molar refractivity (Wildman–Crippen MR) is 78.2 cm³/mol. The highest BCUT2D eigenvalue weighted by Gasteiger charge is 2.33. The van der Waals surface area contributed by atoms with Gasteiger partial charge in [-0.15, -0.1) is 0 Å². The zero-order chi connectivity index (χ0) is 15.2. The fourth-order valence-electron chi connectivity index (χ4n) is 2.18. The summed E-state index contributed by atoms with van der Waals surface area (Å²) in [6, 6.07) is 2.27. The summed E-state index contributed by atoms with van der Waals surface area (Å²) in [5.74, 6) is -2.51. The largest absolute Gasteiger partial charge is 0.478 e. The first-order valence-electron chi connectivity index (χ1n) is 6.19. The number of carboxylic acids is 2. The maximum Gasteiger partial charge on any atom is 0.328 e. The summed E-state index contributed by atoms with van der Waals surface area (Å²) in [6.45, 7) is 4.83. The van der Waals surface area contributed by atoms with Crippen molar-refractivity contribution in [3.63, 3.8) is 0 Å². The molecule has 0 aliphatic carbocycles. The lowest BCUT2D eigenvalue weighted by molar-refractivity contribution is -0.134. The Hall–Kier alpha value is -1.66. The molecule has 5 nitrogen and oxygen atoms in total. The number of hydrogen-bond donors (Lipinski definition) is 2. The van der Waals surface area contributed by atoms with E-state index in [9.17, 15) is 9.59 Å². The molecule has 0 amide bonds. The predicted octanol–water partition coefficient (Wildman–Crippen LogP) is 2.05. The maximum atomic E-state index is 9.55. The molecule has 0 saturated carbocycles. The van der Waals surface area contributed by atoms with Crippen LogP contribution in [0.1, 0.15) is 18.9 Å². The Morgan fingerprint density at radius 3 is 2.30 bits per heavy atom. The van der Waals surface area contributed by atoms with Crippen LogP contribution in [0.2, 0.25) is 0 Å². The molecule has 1 unspecified atom stereocenters. The van der Waals surface area contributed by atoms with Crippen molar-refractivity contribution in [1.82, 2.24) is 4.90 Å². The third kappa shape index (κ3) is 5.14. The molecule has 1 saturated heterocycles. The summed E-state index contributed by atoms with van der Waals surface area (Å²) in [6.07, 6.45) is 2.42. The highest BCUT2D eigenvalue weighted by atomic mass is 32.1. The van der Waals surface area contributed by atoms with E-state index in [0.717, 1.165) is 0 Å². The second kappa shape index (κ2) is 7.21. The van der Waals surface area contributed by atoms with E-state index in [1.807, 2.05) is 11.3 Å². The Balaban J connectivity index is 0.000000221. The molecule has 0 spiro atoms. The first-order chi connectivity index (χ1) is 9.33. The number of rotatable bonds is 3. The van der Waals surface area contributed by atoms with Crippen molar-refractivity contribution in [1.29, 1.82) is 0 Å². The maximum absolute atomic E-state index is 9.55. The first-order valence-corrected chi connectivity index (χ1v) is 7.13. The summed E-state index contributed by atoms with van der Waals surface area (Å²) in [5.41, 5.74) is 1.95. The molecule has 1 aromatic rings. The van der Waals surface area contributed by atoms with Crippen molar-refractivity contribution in [2.45, 2.75) is 18.8 Å². The highest BCUT2D eigenvalue weighted by molar-refractivity contribution is 7.08. The molecular weight excluding hydrogens is 278 g/mol. The van der Waals surface area contributed by atoms with Gasteiger partial charge in [-0.2, -0.15) is 11.3 Å². The SMILES string of the molecule is CN1CCC(C)(c2ccsc2)C1.O=C(O)/C=C/C(=O)O. The zero-order valence-corrected chi connectivity index (χ0v) is 12.4. The van der Waals surface area contributed by atoms with Crippen LogP contribution in [0.3, 0.4) is 0 Å². The fraction of sp³-hybridized carbons (Fsp3) is 0.429. The Bertz CT molecular complexity index is 467. The topological polar surface area (TPSA) is 77.8 Å². The lowest BCUT2D eigenvalue weighted by Gasteiger charge is -2.22. The van der Waals surface area contributed by atoms with E-state index in [4.69, 9.17) is 10.2 Å². The Kier molecular flexibility index (Phi) is 5.91. The number of thiophene rings is 1. The summed E-state index contributed by atoms with van der Waals surface area (Å²) in [4.78, 5) is 21.5. The molecule has 20 heavy (non-hydrogen) atoms. The average molecular weight is 297 g/mol. The van der Waals surface area contributed by atoms with Crippen molar-refractivity contribution in [2.75, 3.05) is 20.1 Å². The van der Waals surface area contributed by atoms with Crippen molar-refractivity contribution < 1.29 is 19.8 Å². The van der Waals surface area contributed by atoms with Crippen LogP contribution >= 0.6 is 11.3 Å². The fourth-order valence-corrected chi connectivity index (χ4v) is 2.99. The summed E-state index contributed by atoms with van der Waals surface area (Å²) < 4.78 is 0.